The molecule has 25 heavy (non-hydrogen) atoms. The minimum atomic E-state index is -3.58. The first-order valence-electron chi connectivity index (χ1n) is 7.56. The number of nitrogens with zero attached hydrogens (tertiary/aromatic N) is 1. The second-order valence-electron chi connectivity index (χ2n) is 5.65. The molecule has 0 atom stereocenters. The molecule has 0 amide bonds. The summed E-state index contributed by atoms with van der Waals surface area (Å²) >= 11 is 2.81. The Balaban J connectivity index is 1.78. The number of thiophene rings is 1. The fourth-order valence-electron chi connectivity index (χ4n) is 2.56. The van der Waals surface area contributed by atoms with Gasteiger partial charge in [0.2, 0.25) is 0 Å². The number of hydrogen-bond donors (Lipinski definition) is 2. The van der Waals surface area contributed by atoms with Crippen LogP contribution in [0.2, 0.25) is 0 Å². The summed E-state index contributed by atoms with van der Waals surface area (Å²) in [6.45, 7) is 4.03. The van der Waals surface area contributed by atoms with E-state index in [4.69, 9.17) is 0 Å². The monoisotopic (exact) mass is 389 g/mol. The van der Waals surface area contributed by atoms with Crippen LogP contribution >= 0.6 is 22.7 Å². The van der Waals surface area contributed by atoms with Gasteiger partial charge < -0.3 is 4.98 Å². The first kappa shape index (κ1) is 16.3. The van der Waals surface area contributed by atoms with Crippen LogP contribution < -0.4 is 4.72 Å². The maximum Gasteiger partial charge on any atom is 0.271 e. The summed E-state index contributed by atoms with van der Waals surface area (Å²) in [5.41, 5.74) is 3.18. The maximum absolute atomic E-state index is 12.5. The van der Waals surface area contributed by atoms with E-state index < -0.39 is 10.0 Å². The second-order valence-corrected chi connectivity index (χ2v) is 9.71. The molecule has 3 aromatic heterocycles. The van der Waals surface area contributed by atoms with Crippen LogP contribution in [0, 0.1) is 13.8 Å². The molecule has 0 saturated carbocycles. The minimum absolute atomic E-state index is 0.294. The van der Waals surface area contributed by atoms with E-state index in [1.165, 1.54) is 16.2 Å². The molecular weight excluding hydrogens is 374 g/mol. The predicted octanol–water partition coefficient (Wildman–Crippen LogP) is 4.77. The van der Waals surface area contributed by atoms with Gasteiger partial charge in [-0.15, -0.1) is 22.7 Å². The molecule has 2 N–H and O–H groups in total. The third kappa shape index (κ3) is 2.97. The lowest BCUT2D eigenvalue weighted by atomic mass is 10.2. The van der Waals surface area contributed by atoms with E-state index in [0.717, 1.165) is 27.3 Å². The van der Waals surface area contributed by atoms with Gasteiger partial charge in [0.15, 0.2) is 0 Å². The largest absolute Gasteiger partial charge is 0.351 e. The van der Waals surface area contributed by atoms with Crippen LogP contribution in [0.25, 0.3) is 21.6 Å². The number of H-pyrrole nitrogens is 1. The number of rotatable bonds is 4. The van der Waals surface area contributed by atoms with Crippen LogP contribution in [-0.4, -0.2) is 18.4 Å². The van der Waals surface area contributed by atoms with Crippen LogP contribution in [-0.2, 0) is 10.0 Å². The summed E-state index contributed by atoms with van der Waals surface area (Å²) in [7, 11) is -3.58. The summed E-state index contributed by atoms with van der Waals surface area (Å²) in [4.78, 5) is 9.06. The van der Waals surface area contributed by atoms with Crippen molar-refractivity contribution in [2.24, 2.45) is 0 Å². The van der Waals surface area contributed by atoms with E-state index in [9.17, 15) is 8.42 Å². The molecule has 0 bridgehead atoms. The number of anilines is 1. The first-order valence-corrected chi connectivity index (χ1v) is 10.7. The summed E-state index contributed by atoms with van der Waals surface area (Å²) in [6.07, 6.45) is 0. The van der Waals surface area contributed by atoms with Crippen molar-refractivity contribution in [3.63, 3.8) is 0 Å². The number of sulfonamides is 1. The van der Waals surface area contributed by atoms with E-state index in [0.29, 0.717) is 9.90 Å². The maximum atomic E-state index is 12.5. The quantitative estimate of drug-likeness (QED) is 0.528. The SMILES string of the molecule is Cc1nc(-c2cc3cccc(NS(=O)(=O)c4cccs4)c3[nH]2)sc1C. The number of benzene rings is 1. The molecular formula is C17H15N3O2S3. The average molecular weight is 390 g/mol. The molecule has 0 aliphatic rings. The Kier molecular flexibility index (Phi) is 3.90. The van der Waals surface area contributed by atoms with Crippen LogP contribution in [0.5, 0.6) is 0 Å². The molecule has 0 spiro atoms. The van der Waals surface area contributed by atoms with Crippen molar-refractivity contribution in [3.05, 3.63) is 52.3 Å². The van der Waals surface area contributed by atoms with Gasteiger partial charge in [0, 0.05) is 10.3 Å². The molecule has 0 saturated heterocycles. The van der Waals surface area contributed by atoms with Crippen molar-refractivity contribution >= 4 is 49.3 Å². The zero-order valence-electron chi connectivity index (χ0n) is 13.5. The van der Waals surface area contributed by atoms with E-state index >= 15 is 0 Å². The van der Waals surface area contributed by atoms with Crippen LogP contribution in [0.15, 0.2) is 46.0 Å². The van der Waals surface area contributed by atoms with Gasteiger partial charge in [-0.1, -0.05) is 18.2 Å². The Bertz CT molecular complexity index is 1140. The Morgan fingerprint density at radius 3 is 2.68 bits per heavy atom. The van der Waals surface area contributed by atoms with E-state index in [1.807, 2.05) is 32.0 Å². The molecule has 0 aliphatic carbocycles. The molecule has 5 nitrogen and oxygen atoms in total. The number of hydrogen-bond acceptors (Lipinski definition) is 5. The lowest BCUT2D eigenvalue weighted by Crippen LogP contribution is -2.11. The summed E-state index contributed by atoms with van der Waals surface area (Å²) in [6, 6.07) is 10.9. The fraction of sp³-hybridized carbons (Fsp3) is 0.118. The number of aromatic nitrogens is 2. The number of thiazole rings is 1. The van der Waals surface area contributed by atoms with Crippen LogP contribution in [0.3, 0.4) is 0 Å². The number of aryl methyl sites for hydroxylation is 2. The third-order valence-electron chi connectivity index (χ3n) is 3.92. The molecule has 0 aliphatic heterocycles. The summed E-state index contributed by atoms with van der Waals surface area (Å²) in [5.74, 6) is 0. The fourth-order valence-corrected chi connectivity index (χ4v) is 5.51. The van der Waals surface area contributed by atoms with Crippen molar-refractivity contribution in [1.29, 1.82) is 0 Å². The number of fused-ring (bicyclic) bond motifs is 1. The van der Waals surface area contributed by atoms with Crippen LogP contribution in [0.4, 0.5) is 5.69 Å². The Morgan fingerprint density at radius 1 is 1.16 bits per heavy atom. The summed E-state index contributed by atoms with van der Waals surface area (Å²) < 4.78 is 28.0. The Hall–Kier alpha value is -2.16. The standard InChI is InChI=1S/C17H15N3O2S3/c1-10-11(2)24-17(18-10)14-9-12-5-3-6-13(16(12)19-14)20-25(21,22)15-7-4-8-23-15/h3-9,19-20H,1-2H3. The first-order chi connectivity index (χ1) is 11.9. The minimum Gasteiger partial charge on any atom is -0.351 e. The Morgan fingerprint density at radius 2 is 2.00 bits per heavy atom. The average Bonchev–Trinajstić information content (AvgIpc) is 3.28. The van der Waals surface area contributed by atoms with E-state index in [-0.39, 0.29) is 0 Å². The Labute approximate surface area is 153 Å². The molecule has 4 aromatic rings. The zero-order chi connectivity index (χ0) is 17.6. The molecule has 0 radical (unpaired) electrons. The lowest BCUT2D eigenvalue weighted by Gasteiger charge is -2.07. The van der Waals surface area contributed by atoms with E-state index in [2.05, 4.69) is 14.7 Å². The topological polar surface area (TPSA) is 74.8 Å². The van der Waals surface area contributed by atoms with Crippen molar-refractivity contribution in [1.82, 2.24) is 9.97 Å². The molecule has 8 heteroatoms. The molecule has 1 aromatic carbocycles. The van der Waals surface area contributed by atoms with Gasteiger partial charge >= 0.3 is 0 Å². The highest BCUT2D eigenvalue weighted by atomic mass is 32.2. The highest BCUT2D eigenvalue weighted by molar-refractivity contribution is 7.94. The van der Waals surface area contributed by atoms with Crippen molar-refractivity contribution in [2.45, 2.75) is 18.1 Å². The normalized spacial score (nSPS) is 11.9. The van der Waals surface area contributed by atoms with Crippen LogP contribution in [0.1, 0.15) is 10.6 Å². The van der Waals surface area contributed by atoms with Gasteiger partial charge in [0.25, 0.3) is 10.0 Å². The highest BCUT2D eigenvalue weighted by Crippen LogP contribution is 2.33. The van der Waals surface area contributed by atoms with Crippen molar-refractivity contribution < 1.29 is 8.42 Å². The van der Waals surface area contributed by atoms with Gasteiger partial charge in [0.05, 0.1) is 22.6 Å². The molecule has 128 valence electrons. The predicted molar refractivity (Wildman–Crippen MR) is 104 cm³/mol. The number of nitrogens with one attached hydrogen (secondary N) is 2. The van der Waals surface area contributed by atoms with Crippen molar-refractivity contribution in [3.8, 4) is 10.7 Å². The zero-order valence-corrected chi connectivity index (χ0v) is 16.0. The second kappa shape index (κ2) is 5.98. The number of para-hydroxylation sites is 1. The molecule has 0 fully saturated rings. The van der Waals surface area contributed by atoms with Gasteiger partial charge in [-0.2, -0.15) is 0 Å². The van der Waals surface area contributed by atoms with Crippen molar-refractivity contribution in [2.75, 3.05) is 4.72 Å². The third-order valence-corrected chi connectivity index (χ3v) is 7.79. The summed E-state index contributed by atoms with van der Waals surface area (Å²) in [5, 5.41) is 3.58. The molecule has 4 rings (SSSR count). The number of aromatic amines is 1. The highest BCUT2D eigenvalue weighted by Gasteiger charge is 2.18. The smallest absolute Gasteiger partial charge is 0.271 e. The van der Waals surface area contributed by atoms with E-state index in [1.54, 1.807) is 34.9 Å². The van der Waals surface area contributed by atoms with Gasteiger partial charge in [-0.25, -0.2) is 13.4 Å². The van der Waals surface area contributed by atoms with Gasteiger partial charge in [0.1, 0.15) is 9.22 Å². The van der Waals surface area contributed by atoms with Gasteiger partial charge in [-0.05, 0) is 37.4 Å². The van der Waals surface area contributed by atoms with Gasteiger partial charge in [-0.3, -0.25) is 4.72 Å². The lowest BCUT2D eigenvalue weighted by molar-refractivity contribution is 0.603. The molecule has 3 heterocycles. The molecule has 0 unspecified atom stereocenters.